The average Bonchev–Trinajstić information content (AvgIpc) is 3.02. The van der Waals surface area contributed by atoms with E-state index in [9.17, 15) is 14.9 Å². The first kappa shape index (κ1) is 17.6. The molecule has 1 amide bonds. The van der Waals surface area contributed by atoms with E-state index in [0.717, 1.165) is 0 Å². The predicted molar refractivity (Wildman–Crippen MR) is 95.4 cm³/mol. The molecule has 0 unspecified atom stereocenters. The van der Waals surface area contributed by atoms with Crippen molar-refractivity contribution in [1.82, 2.24) is 20.3 Å². The van der Waals surface area contributed by atoms with E-state index in [4.69, 9.17) is 11.6 Å². The van der Waals surface area contributed by atoms with Gasteiger partial charge in [-0.05, 0) is 25.1 Å². The maximum atomic E-state index is 12.4. The van der Waals surface area contributed by atoms with Gasteiger partial charge in [0.1, 0.15) is 0 Å². The lowest BCUT2D eigenvalue weighted by molar-refractivity contribution is -0.385. The Morgan fingerprint density at radius 1 is 1.23 bits per heavy atom. The van der Waals surface area contributed by atoms with Crippen molar-refractivity contribution < 1.29 is 9.72 Å². The molecule has 1 N–H and O–H groups in total. The first-order valence-electron chi connectivity index (χ1n) is 7.66. The summed E-state index contributed by atoms with van der Waals surface area (Å²) >= 11 is 5.96. The maximum absolute atomic E-state index is 12.4. The second-order valence-electron chi connectivity index (χ2n) is 5.47. The number of rotatable bonds is 5. The number of amides is 1. The van der Waals surface area contributed by atoms with Crippen molar-refractivity contribution in [2.24, 2.45) is 0 Å². The minimum Gasteiger partial charge on any atom is -0.346 e. The Hall–Kier alpha value is -3.26. The number of aryl methyl sites for hydroxylation is 1. The number of nitrogens with zero attached hydrogens (tertiary/aromatic N) is 4. The maximum Gasteiger partial charge on any atom is 0.274 e. The first-order chi connectivity index (χ1) is 12.5. The Labute approximate surface area is 153 Å². The SMILES string of the molecule is Cc1nn(-c2cccc(Cl)c2)nc1C(=O)NCc1ccccc1[N+](=O)[O-]. The number of benzene rings is 2. The van der Waals surface area contributed by atoms with E-state index in [1.54, 1.807) is 49.4 Å². The summed E-state index contributed by atoms with van der Waals surface area (Å²) in [6.45, 7) is 1.67. The second kappa shape index (κ2) is 7.32. The summed E-state index contributed by atoms with van der Waals surface area (Å²) in [5.41, 5.74) is 1.56. The highest BCUT2D eigenvalue weighted by atomic mass is 35.5. The van der Waals surface area contributed by atoms with Crippen LogP contribution in [0.15, 0.2) is 48.5 Å². The molecule has 0 radical (unpaired) electrons. The molecule has 3 rings (SSSR count). The van der Waals surface area contributed by atoms with Crippen molar-refractivity contribution in [1.29, 1.82) is 0 Å². The molecule has 0 fully saturated rings. The Morgan fingerprint density at radius 2 is 2.00 bits per heavy atom. The van der Waals surface area contributed by atoms with Gasteiger partial charge in [0.05, 0.1) is 16.3 Å². The lowest BCUT2D eigenvalue weighted by Crippen LogP contribution is -2.24. The highest BCUT2D eigenvalue weighted by Gasteiger charge is 2.18. The summed E-state index contributed by atoms with van der Waals surface area (Å²) in [6.07, 6.45) is 0. The molecular formula is C17H14ClN5O3. The molecule has 26 heavy (non-hydrogen) atoms. The zero-order valence-electron chi connectivity index (χ0n) is 13.7. The largest absolute Gasteiger partial charge is 0.346 e. The van der Waals surface area contributed by atoms with Crippen molar-refractivity contribution in [2.45, 2.75) is 13.5 Å². The Bertz CT molecular complexity index is 986. The summed E-state index contributed by atoms with van der Waals surface area (Å²) in [5.74, 6) is -0.464. The van der Waals surface area contributed by atoms with Crippen LogP contribution in [0.5, 0.6) is 0 Å². The molecule has 8 nitrogen and oxygen atoms in total. The van der Waals surface area contributed by atoms with Crippen LogP contribution in [0.1, 0.15) is 21.7 Å². The number of hydrogen-bond donors (Lipinski definition) is 1. The molecule has 3 aromatic rings. The van der Waals surface area contributed by atoms with E-state index in [1.807, 2.05) is 0 Å². The molecule has 132 valence electrons. The molecule has 0 bridgehead atoms. The van der Waals surface area contributed by atoms with E-state index in [2.05, 4.69) is 15.5 Å². The first-order valence-corrected chi connectivity index (χ1v) is 8.04. The van der Waals surface area contributed by atoms with Crippen LogP contribution < -0.4 is 5.32 Å². The fraction of sp³-hybridized carbons (Fsp3) is 0.118. The predicted octanol–water partition coefficient (Wildman–Crippen LogP) is 3.07. The normalized spacial score (nSPS) is 10.5. The van der Waals surface area contributed by atoms with Gasteiger partial charge in [-0.15, -0.1) is 5.10 Å². The second-order valence-corrected chi connectivity index (χ2v) is 5.91. The molecule has 0 saturated heterocycles. The Balaban J connectivity index is 1.78. The average molecular weight is 372 g/mol. The third-order valence-corrected chi connectivity index (χ3v) is 3.90. The molecule has 0 spiro atoms. The quantitative estimate of drug-likeness (QED) is 0.548. The summed E-state index contributed by atoms with van der Waals surface area (Å²) in [5, 5.41) is 22.6. The molecule has 1 aromatic heterocycles. The minimum absolute atomic E-state index is 0.0133. The lowest BCUT2D eigenvalue weighted by Gasteiger charge is -2.04. The Morgan fingerprint density at radius 3 is 2.73 bits per heavy atom. The summed E-state index contributed by atoms with van der Waals surface area (Å²) < 4.78 is 0. The fourth-order valence-electron chi connectivity index (χ4n) is 2.40. The van der Waals surface area contributed by atoms with Crippen molar-refractivity contribution in [2.75, 3.05) is 0 Å². The van der Waals surface area contributed by atoms with Gasteiger partial charge in [-0.25, -0.2) is 0 Å². The van der Waals surface area contributed by atoms with Crippen molar-refractivity contribution in [3.05, 3.63) is 80.6 Å². The zero-order chi connectivity index (χ0) is 18.7. The molecule has 0 aliphatic rings. The van der Waals surface area contributed by atoms with Crippen LogP contribution in [0, 0.1) is 17.0 Å². The van der Waals surface area contributed by atoms with Gasteiger partial charge in [-0.2, -0.15) is 9.90 Å². The van der Waals surface area contributed by atoms with E-state index in [0.29, 0.717) is 22.0 Å². The number of carbonyl (C=O) groups is 1. The van der Waals surface area contributed by atoms with E-state index >= 15 is 0 Å². The fourth-order valence-corrected chi connectivity index (χ4v) is 2.59. The third-order valence-electron chi connectivity index (χ3n) is 3.66. The van der Waals surface area contributed by atoms with Gasteiger partial charge >= 0.3 is 0 Å². The van der Waals surface area contributed by atoms with Crippen molar-refractivity contribution in [3.8, 4) is 5.69 Å². The third kappa shape index (κ3) is 3.70. The number of carbonyl (C=O) groups excluding carboxylic acids is 1. The van der Waals surface area contributed by atoms with Crippen LogP contribution in [-0.4, -0.2) is 25.8 Å². The zero-order valence-corrected chi connectivity index (χ0v) is 14.5. The summed E-state index contributed by atoms with van der Waals surface area (Å²) in [4.78, 5) is 24.3. The number of halogens is 1. The van der Waals surface area contributed by atoms with Crippen LogP contribution in [0.3, 0.4) is 0 Å². The van der Waals surface area contributed by atoms with E-state index < -0.39 is 10.8 Å². The number of aromatic nitrogens is 3. The number of hydrogen-bond acceptors (Lipinski definition) is 5. The van der Waals surface area contributed by atoms with Crippen molar-refractivity contribution >= 4 is 23.2 Å². The highest BCUT2D eigenvalue weighted by molar-refractivity contribution is 6.30. The molecule has 0 atom stereocenters. The number of nitro benzene ring substituents is 1. The van der Waals surface area contributed by atoms with Gasteiger partial charge in [0.25, 0.3) is 11.6 Å². The van der Waals surface area contributed by atoms with Crippen LogP contribution in [0.25, 0.3) is 5.69 Å². The molecule has 0 aliphatic heterocycles. The lowest BCUT2D eigenvalue weighted by atomic mass is 10.2. The standard InChI is InChI=1S/C17H14ClN5O3/c1-11-16(21-22(20-11)14-7-4-6-13(18)9-14)17(24)19-10-12-5-2-3-8-15(12)23(25)26/h2-9H,10H2,1H3,(H,19,24). The molecule has 9 heteroatoms. The number of para-hydroxylation sites is 1. The smallest absolute Gasteiger partial charge is 0.274 e. The molecule has 1 heterocycles. The van der Waals surface area contributed by atoms with Gasteiger partial charge in [0, 0.05) is 23.2 Å². The monoisotopic (exact) mass is 371 g/mol. The van der Waals surface area contributed by atoms with Crippen LogP contribution in [0.2, 0.25) is 5.02 Å². The van der Waals surface area contributed by atoms with Gasteiger partial charge in [0.2, 0.25) is 0 Å². The van der Waals surface area contributed by atoms with Gasteiger partial charge < -0.3 is 5.32 Å². The van der Waals surface area contributed by atoms with E-state index in [1.165, 1.54) is 10.9 Å². The molecule has 0 aliphatic carbocycles. The number of nitrogens with one attached hydrogen (secondary N) is 1. The summed E-state index contributed by atoms with van der Waals surface area (Å²) in [7, 11) is 0. The van der Waals surface area contributed by atoms with Gasteiger partial charge in [0.15, 0.2) is 5.69 Å². The summed E-state index contributed by atoms with van der Waals surface area (Å²) in [6, 6.07) is 13.2. The Kier molecular flexibility index (Phi) is 4.94. The number of nitro groups is 1. The molecule has 0 saturated carbocycles. The van der Waals surface area contributed by atoms with E-state index in [-0.39, 0.29) is 17.9 Å². The van der Waals surface area contributed by atoms with Crippen LogP contribution >= 0.6 is 11.6 Å². The molecular weight excluding hydrogens is 358 g/mol. The van der Waals surface area contributed by atoms with Gasteiger partial charge in [-0.1, -0.05) is 35.9 Å². The van der Waals surface area contributed by atoms with Gasteiger partial charge in [-0.3, -0.25) is 14.9 Å². The highest BCUT2D eigenvalue weighted by Crippen LogP contribution is 2.18. The minimum atomic E-state index is -0.484. The van der Waals surface area contributed by atoms with Crippen LogP contribution in [0.4, 0.5) is 5.69 Å². The molecule has 2 aromatic carbocycles. The van der Waals surface area contributed by atoms with Crippen LogP contribution in [-0.2, 0) is 6.54 Å². The van der Waals surface area contributed by atoms with Crippen molar-refractivity contribution in [3.63, 3.8) is 0 Å². The topological polar surface area (TPSA) is 103 Å².